The van der Waals surface area contributed by atoms with Crippen LogP contribution in [0.3, 0.4) is 0 Å². The minimum atomic E-state index is -0.599. The Bertz CT molecular complexity index is 1100. The lowest BCUT2D eigenvalue weighted by molar-refractivity contribution is -0.122. The smallest absolute Gasteiger partial charge is 0.265 e. The molecule has 0 unspecified atom stereocenters. The van der Waals surface area contributed by atoms with Gasteiger partial charge < -0.3 is 14.5 Å². The van der Waals surface area contributed by atoms with Crippen LogP contribution in [0.1, 0.15) is 13.3 Å². The first-order valence-electron chi connectivity index (χ1n) is 8.78. The number of rotatable bonds is 5. The molecule has 0 bridgehead atoms. The third-order valence-electron chi connectivity index (χ3n) is 4.40. The van der Waals surface area contributed by atoms with Crippen molar-refractivity contribution in [1.29, 1.82) is 0 Å². The number of anilines is 1. The Kier molecular flexibility index (Phi) is 4.73. The summed E-state index contributed by atoms with van der Waals surface area (Å²) in [5.74, 6) is 0.400. The highest BCUT2D eigenvalue weighted by Gasteiger charge is 2.19. The summed E-state index contributed by atoms with van der Waals surface area (Å²) < 4.78 is 11.7. The van der Waals surface area contributed by atoms with Crippen LogP contribution in [0.4, 0.5) is 5.69 Å². The van der Waals surface area contributed by atoms with Crippen LogP contribution >= 0.6 is 11.6 Å². The minimum Gasteiger partial charge on any atom is -0.481 e. The molecule has 4 nitrogen and oxygen atoms in total. The van der Waals surface area contributed by atoms with Crippen LogP contribution < -0.4 is 10.1 Å². The molecule has 0 spiro atoms. The fourth-order valence-corrected chi connectivity index (χ4v) is 3.15. The van der Waals surface area contributed by atoms with Gasteiger partial charge in [0.2, 0.25) is 0 Å². The van der Waals surface area contributed by atoms with Gasteiger partial charge in [-0.1, -0.05) is 36.7 Å². The van der Waals surface area contributed by atoms with Crippen molar-refractivity contribution in [2.45, 2.75) is 19.4 Å². The quantitative estimate of drug-likeness (QED) is 0.460. The largest absolute Gasteiger partial charge is 0.481 e. The van der Waals surface area contributed by atoms with Crippen molar-refractivity contribution in [2.75, 3.05) is 5.32 Å². The number of nitrogens with one attached hydrogen (secondary N) is 1. The van der Waals surface area contributed by atoms with Crippen LogP contribution in [0.2, 0.25) is 5.02 Å². The molecule has 0 radical (unpaired) electrons. The third-order valence-corrected chi connectivity index (χ3v) is 4.65. The van der Waals surface area contributed by atoms with E-state index in [1.165, 1.54) is 0 Å². The molecule has 1 aromatic heterocycles. The first-order chi connectivity index (χ1) is 13.1. The summed E-state index contributed by atoms with van der Waals surface area (Å²) in [6, 6.07) is 20.5. The van der Waals surface area contributed by atoms with E-state index < -0.39 is 6.10 Å². The fourth-order valence-electron chi connectivity index (χ4n) is 3.03. The number of ether oxygens (including phenoxy) is 1. The maximum Gasteiger partial charge on any atom is 0.265 e. The molecule has 0 aliphatic carbocycles. The van der Waals surface area contributed by atoms with Crippen molar-refractivity contribution < 1.29 is 13.9 Å². The second-order valence-corrected chi connectivity index (χ2v) is 6.70. The van der Waals surface area contributed by atoms with Gasteiger partial charge in [0, 0.05) is 27.5 Å². The van der Waals surface area contributed by atoms with Crippen LogP contribution in [0.25, 0.3) is 21.9 Å². The first kappa shape index (κ1) is 17.4. The zero-order chi connectivity index (χ0) is 18.8. The molecule has 136 valence electrons. The zero-order valence-corrected chi connectivity index (χ0v) is 15.5. The molecule has 0 aliphatic heterocycles. The van der Waals surface area contributed by atoms with Crippen molar-refractivity contribution in [3.63, 3.8) is 0 Å². The molecule has 5 heteroatoms. The van der Waals surface area contributed by atoms with Gasteiger partial charge in [-0.15, -0.1) is 0 Å². The Labute approximate surface area is 161 Å². The van der Waals surface area contributed by atoms with E-state index in [1.54, 1.807) is 24.3 Å². The van der Waals surface area contributed by atoms with Gasteiger partial charge in [0.1, 0.15) is 16.9 Å². The lowest BCUT2D eigenvalue weighted by atomic mass is 10.1. The molecule has 0 saturated carbocycles. The van der Waals surface area contributed by atoms with Gasteiger partial charge in [-0.25, -0.2) is 0 Å². The second-order valence-electron chi connectivity index (χ2n) is 6.27. The second kappa shape index (κ2) is 7.33. The van der Waals surface area contributed by atoms with E-state index in [4.69, 9.17) is 20.8 Å². The number of hydrogen-bond donors (Lipinski definition) is 1. The van der Waals surface area contributed by atoms with Crippen LogP contribution in [0, 0.1) is 0 Å². The van der Waals surface area contributed by atoms with Crippen molar-refractivity contribution >= 4 is 45.1 Å². The van der Waals surface area contributed by atoms with E-state index >= 15 is 0 Å². The molecular formula is C22H18ClNO3. The van der Waals surface area contributed by atoms with E-state index in [0.717, 1.165) is 21.9 Å². The Hall–Kier alpha value is -2.98. The topological polar surface area (TPSA) is 51.5 Å². The van der Waals surface area contributed by atoms with Crippen molar-refractivity contribution in [3.8, 4) is 5.75 Å². The predicted octanol–water partition coefficient (Wildman–Crippen LogP) is 6.04. The Morgan fingerprint density at radius 3 is 2.56 bits per heavy atom. The highest BCUT2D eigenvalue weighted by Crippen LogP contribution is 2.30. The molecule has 27 heavy (non-hydrogen) atoms. The molecule has 1 heterocycles. The fraction of sp³-hybridized carbons (Fsp3) is 0.136. The first-order valence-corrected chi connectivity index (χ1v) is 9.16. The van der Waals surface area contributed by atoms with Gasteiger partial charge in [0.05, 0.1) is 0 Å². The van der Waals surface area contributed by atoms with Gasteiger partial charge in [0.15, 0.2) is 6.10 Å². The molecule has 0 fully saturated rings. The molecule has 4 rings (SSSR count). The average Bonchev–Trinajstić information content (AvgIpc) is 3.05. The molecule has 3 aromatic carbocycles. The van der Waals surface area contributed by atoms with Gasteiger partial charge in [-0.3, -0.25) is 4.79 Å². The average molecular weight is 380 g/mol. The predicted molar refractivity (Wildman–Crippen MR) is 109 cm³/mol. The lowest BCUT2D eigenvalue weighted by Gasteiger charge is -2.17. The summed E-state index contributed by atoms with van der Waals surface area (Å²) in [5.41, 5.74) is 2.24. The SMILES string of the molecule is CC[C@H](Oc1ccc(Cl)cc1)C(=O)Nc1ccc2c(c1)oc1ccccc12. The standard InChI is InChI=1S/C22H18ClNO3/c1-2-19(26-16-10-7-14(23)8-11-16)22(25)24-15-9-12-18-17-5-3-4-6-20(17)27-21(18)13-15/h3-13,19H,2H2,1H3,(H,24,25)/t19-/m0/s1. The number of carbonyl (C=O) groups excluding carboxylic acids is 1. The number of fused-ring (bicyclic) bond motifs is 3. The van der Waals surface area contributed by atoms with Gasteiger partial charge in [-0.2, -0.15) is 0 Å². The molecule has 0 aliphatic rings. The monoisotopic (exact) mass is 379 g/mol. The molecule has 1 N–H and O–H groups in total. The highest BCUT2D eigenvalue weighted by molar-refractivity contribution is 6.30. The minimum absolute atomic E-state index is 0.206. The van der Waals surface area contributed by atoms with Crippen LogP contribution in [0.5, 0.6) is 5.75 Å². The van der Waals surface area contributed by atoms with Gasteiger partial charge in [-0.05, 0) is 48.9 Å². The van der Waals surface area contributed by atoms with E-state index in [9.17, 15) is 4.79 Å². The molecule has 0 saturated heterocycles. The summed E-state index contributed by atoms with van der Waals surface area (Å²) in [7, 11) is 0. The van der Waals surface area contributed by atoms with Gasteiger partial charge in [0.25, 0.3) is 5.91 Å². The van der Waals surface area contributed by atoms with Crippen LogP contribution in [-0.4, -0.2) is 12.0 Å². The van der Waals surface area contributed by atoms with Crippen LogP contribution in [0.15, 0.2) is 71.1 Å². The summed E-state index contributed by atoms with van der Waals surface area (Å²) >= 11 is 5.89. The highest BCUT2D eigenvalue weighted by atomic mass is 35.5. The Morgan fingerprint density at radius 1 is 1.04 bits per heavy atom. The third kappa shape index (κ3) is 3.62. The van der Waals surface area contributed by atoms with E-state index in [1.807, 2.05) is 49.4 Å². The molecule has 1 atom stereocenters. The number of hydrogen-bond acceptors (Lipinski definition) is 3. The zero-order valence-electron chi connectivity index (χ0n) is 14.7. The van der Waals surface area contributed by atoms with Crippen molar-refractivity contribution in [2.24, 2.45) is 0 Å². The van der Waals surface area contributed by atoms with Crippen molar-refractivity contribution in [3.05, 3.63) is 71.8 Å². The van der Waals surface area contributed by atoms with Crippen molar-refractivity contribution in [1.82, 2.24) is 0 Å². The van der Waals surface area contributed by atoms with Crippen LogP contribution in [-0.2, 0) is 4.79 Å². The number of para-hydroxylation sites is 1. The summed E-state index contributed by atoms with van der Waals surface area (Å²) in [6.07, 6.45) is -0.0565. The number of halogens is 1. The van der Waals surface area contributed by atoms with Gasteiger partial charge >= 0.3 is 0 Å². The Balaban J connectivity index is 1.53. The normalized spacial score (nSPS) is 12.2. The Morgan fingerprint density at radius 2 is 1.78 bits per heavy atom. The molecular weight excluding hydrogens is 362 g/mol. The summed E-state index contributed by atoms with van der Waals surface area (Å²) in [5, 5.41) is 5.61. The van der Waals surface area contributed by atoms with E-state index in [-0.39, 0.29) is 5.91 Å². The molecule has 1 amide bonds. The van der Waals surface area contributed by atoms with E-state index in [2.05, 4.69) is 5.32 Å². The summed E-state index contributed by atoms with van der Waals surface area (Å²) in [6.45, 7) is 1.91. The number of amides is 1. The number of benzene rings is 3. The maximum absolute atomic E-state index is 12.6. The number of carbonyl (C=O) groups is 1. The lowest BCUT2D eigenvalue weighted by Crippen LogP contribution is -2.32. The molecule has 4 aromatic rings. The van der Waals surface area contributed by atoms with E-state index in [0.29, 0.717) is 22.9 Å². The summed E-state index contributed by atoms with van der Waals surface area (Å²) in [4.78, 5) is 12.6. The maximum atomic E-state index is 12.6. The number of furan rings is 1.